The van der Waals surface area contributed by atoms with Crippen LogP contribution in [0.5, 0.6) is 5.75 Å². The lowest BCUT2D eigenvalue weighted by atomic mass is 10.1. The van der Waals surface area contributed by atoms with Gasteiger partial charge in [-0.25, -0.2) is 9.39 Å². The summed E-state index contributed by atoms with van der Waals surface area (Å²) >= 11 is 3.46. The van der Waals surface area contributed by atoms with Crippen molar-refractivity contribution < 1.29 is 4.74 Å². The highest BCUT2D eigenvalue weighted by atomic mass is 79.9. The van der Waals surface area contributed by atoms with E-state index in [2.05, 4.69) is 38.0 Å². The fourth-order valence-electron chi connectivity index (χ4n) is 3.53. The first-order valence-electron chi connectivity index (χ1n) is 9.48. The number of ether oxygens (including phenoxy) is 1. The van der Waals surface area contributed by atoms with Crippen LogP contribution in [0.2, 0.25) is 0 Å². The van der Waals surface area contributed by atoms with Crippen molar-refractivity contribution in [1.29, 1.82) is 0 Å². The number of aromatic nitrogens is 4. The first kappa shape index (κ1) is 18.9. The molecule has 0 saturated carbocycles. The van der Waals surface area contributed by atoms with Gasteiger partial charge in [0.1, 0.15) is 17.4 Å². The number of aliphatic imine (C=N–C) groups is 1. The Kier molecular flexibility index (Phi) is 5.30. The predicted molar refractivity (Wildman–Crippen MR) is 112 cm³/mol. The minimum atomic E-state index is -0.0801. The molecule has 0 atom stereocenters. The molecule has 0 radical (unpaired) electrons. The summed E-state index contributed by atoms with van der Waals surface area (Å²) in [5.41, 5.74) is 1.67. The summed E-state index contributed by atoms with van der Waals surface area (Å²) in [5, 5.41) is 8.70. The number of hydrogen-bond acceptors (Lipinski definition) is 5. The van der Waals surface area contributed by atoms with Crippen molar-refractivity contribution in [3.63, 3.8) is 0 Å². The van der Waals surface area contributed by atoms with E-state index >= 15 is 0 Å². The average Bonchev–Trinajstić information content (AvgIpc) is 3.29. The highest BCUT2D eigenvalue weighted by Crippen LogP contribution is 2.28. The summed E-state index contributed by atoms with van der Waals surface area (Å²) < 4.78 is 9.67. The summed E-state index contributed by atoms with van der Waals surface area (Å²) in [6, 6.07) is 7.77. The smallest absolute Gasteiger partial charge is 0.266 e. The van der Waals surface area contributed by atoms with Gasteiger partial charge in [-0.3, -0.25) is 9.36 Å². The van der Waals surface area contributed by atoms with Crippen LogP contribution in [-0.4, -0.2) is 30.9 Å². The number of halogens is 1. The molecule has 0 aliphatic carbocycles. The summed E-state index contributed by atoms with van der Waals surface area (Å²) in [5.74, 6) is 2.71. The summed E-state index contributed by atoms with van der Waals surface area (Å²) in [7, 11) is 1.64. The zero-order valence-corrected chi connectivity index (χ0v) is 17.6. The predicted octanol–water partition coefficient (Wildman–Crippen LogP) is 3.66. The fourth-order valence-corrected chi connectivity index (χ4v) is 3.98. The van der Waals surface area contributed by atoms with Crippen LogP contribution in [0.4, 0.5) is 5.82 Å². The van der Waals surface area contributed by atoms with E-state index in [0.29, 0.717) is 35.8 Å². The van der Waals surface area contributed by atoms with E-state index in [1.165, 1.54) is 0 Å². The van der Waals surface area contributed by atoms with E-state index in [4.69, 9.17) is 4.74 Å². The quantitative estimate of drug-likeness (QED) is 0.522. The molecule has 3 heterocycles. The molecule has 0 N–H and O–H groups in total. The van der Waals surface area contributed by atoms with Crippen molar-refractivity contribution in [1.82, 2.24) is 19.2 Å². The van der Waals surface area contributed by atoms with Crippen LogP contribution in [0.15, 0.2) is 34.1 Å². The third kappa shape index (κ3) is 3.37. The van der Waals surface area contributed by atoms with Crippen LogP contribution in [-0.2, 0) is 19.4 Å². The van der Waals surface area contributed by atoms with Gasteiger partial charge in [0.15, 0.2) is 0 Å². The van der Waals surface area contributed by atoms with E-state index < -0.39 is 0 Å². The lowest BCUT2D eigenvalue weighted by Crippen LogP contribution is -2.23. The Hall–Kier alpha value is -2.48. The van der Waals surface area contributed by atoms with Crippen molar-refractivity contribution in [2.75, 3.05) is 7.11 Å². The third-order valence-electron chi connectivity index (χ3n) is 5.00. The molecule has 0 spiro atoms. The summed E-state index contributed by atoms with van der Waals surface area (Å²) in [6.45, 7) is 2.94. The molecular weight excluding hydrogens is 422 g/mol. The van der Waals surface area contributed by atoms with Gasteiger partial charge in [0, 0.05) is 19.4 Å². The maximum atomic E-state index is 13.2. The first-order chi connectivity index (χ1) is 13.6. The van der Waals surface area contributed by atoms with Crippen LogP contribution < -0.4 is 10.3 Å². The van der Waals surface area contributed by atoms with Crippen molar-refractivity contribution in [2.45, 2.75) is 45.6 Å². The molecule has 0 unspecified atom stereocenters. The number of rotatable bonds is 7. The van der Waals surface area contributed by atoms with Crippen LogP contribution in [0.25, 0.3) is 5.78 Å². The Morgan fingerprint density at radius 2 is 1.96 bits per heavy atom. The van der Waals surface area contributed by atoms with E-state index in [0.717, 1.165) is 41.7 Å². The van der Waals surface area contributed by atoms with Gasteiger partial charge in [0.25, 0.3) is 5.56 Å². The molecule has 0 fully saturated rings. The molecule has 8 heteroatoms. The van der Waals surface area contributed by atoms with Gasteiger partial charge in [-0.05, 0) is 40.0 Å². The lowest BCUT2D eigenvalue weighted by molar-refractivity contribution is 0.414. The molecule has 1 aliphatic rings. The minimum Gasteiger partial charge on any atom is -0.497 e. The Bertz CT molecular complexity index is 1100. The van der Waals surface area contributed by atoms with Crippen LogP contribution in [0.3, 0.4) is 0 Å². The number of unbranched alkanes of at least 4 members (excludes halogenated alkanes) is 2. The molecule has 7 nitrogen and oxygen atoms in total. The second-order valence-electron chi connectivity index (χ2n) is 6.91. The zero-order valence-electron chi connectivity index (χ0n) is 16.0. The molecule has 0 amide bonds. The van der Waals surface area contributed by atoms with Gasteiger partial charge >= 0.3 is 0 Å². The van der Waals surface area contributed by atoms with E-state index in [1.807, 2.05) is 28.8 Å². The number of hydrogen-bond donors (Lipinski definition) is 0. The molecule has 3 aromatic rings. The van der Waals surface area contributed by atoms with Crippen molar-refractivity contribution in [3.8, 4) is 5.75 Å². The second kappa shape index (κ2) is 7.87. The van der Waals surface area contributed by atoms with Crippen LogP contribution >= 0.6 is 15.9 Å². The maximum absolute atomic E-state index is 13.2. The van der Waals surface area contributed by atoms with Gasteiger partial charge in [-0.1, -0.05) is 31.9 Å². The highest BCUT2D eigenvalue weighted by Gasteiger charge is 2.25. The van der Waals surface area contributed by atoms with Crippen LogP contribution in [0.1, 0.15) is 43.1 Å². The third-order valence-corrected chi connectivity index (χ3v) is 5.46. The number of aryl methyl sites for hydroxylation is 1. The molecule has 1 aliphatic heterocycles. The Morgan fingerprint density at radius 3 is 2.68 bits per heavy atom. The van der Waals surface area contributed by atoms with Crippen LogP contribution in [0, 0.1) is 0 Å². The van der Waals surface area contributed by atoms with Gasteiger partial charge in [-0.2, -0.15) is 0 Å². The molecular formula is C20H22BrN5O2. The Labute approximate surface area is 171 Å². The Morgan fingerprint density at radius 1 is 1.18 bits per heavy atom. The summed E-state index contributed by atoms with van der Waals surface area (Å²) in [6.07, 6.45) is 4.29. The molecule has 2 aromatic heterocycles. The fraction of sp³-hybridized carbons (Fsp3) is 0.400. The topological polar surface area (TPSA) is 73.8 Å². The molecule has 28 heavy (non-hydrogen) atoms. The SMILES string of the molecule is CCCCCn1c2c(c(=O)n3c(Cc4ccc(OC)cc4)nnc13)CC(Br)=N2. The van der Waals surface area contributed by atoms with Crippen molar-refractivity contribution in [3.05, 3.63) is 51.6 Å². The number of methoxy groups -OCH3 is 1. The molecule has 0 bridgehead atoms. The minimum absolute atomic E-state index is 0.0801. The van der Waals surface area contributed by atoms with Gasteiger partial charge in [0.2, 0.25) is 5.78 Å². The first-order valence-corrected chi connectivity index (χ1v) is 10.3. The van der Waals surface area contributed by atoms with E-state index in [-0.39, 0.29) is 5.56 Å². The second-order valence-corrected chi connectivity index (χ2v) is 7.82. The van der Waals surface area contributed by atoms with Crippen molar-refractivity contribution in [2.24, 2.45) is 4.99 Å². The standard InChI is InChI=1S/C20H22BrN5O2/c1-3-4-5-10-25-18-15(12-16(21)22-18)19(27)26-17(23-24-20(25)26)11-13-6-8-14(28-2)9-7-13/h6-9H,3-5,10-12H2,1-2H3. The number of fused-ring (bicyclic) bond motifs is 2. The van der Waals surface area contributed by atoms with E-state index in [9.17, 15) is 4.79 Å². The van der Waals surface area contributed by atoms with Gasteiger partial charge < -0.3 is 4.74 Å². The molecule has 4 rings (SSSR count). The molecule has 146 valence electrons. The summed E-state index contributed by atoms with van der Waals surface area (Å²) in [4.78, 5) is 17.7. The number of nitrogens with zero attached hydrogens (tertiary/aromatic N) is 5. The van der Waals surface area contributed by atoms with Crippen molar-refractivity contribution >= 4 is 32.1 Å². The maximum Gasteiger partial charge on any atom is 0.266 e. The molecule has 1 aromatic carbocycles. The Balaban J connectivity index is 1.79. The largest absolute Gasteiger partial charge is 0.497 e. The number of benzene rings is 1. The van der Waals surface area contributed by atoms with Gasteiger partial charge in [0.05, 0.1) is 17.3 Å². The zero-order chi connectivity index (χ0) is 19.7. The van der Waals surface area contributed by atoms with Gasteiger partial charge in [-0.15, -0.1) is 10.2 Å². The molecule has 0 saturated heterocycles. The van der Waals surface area contributed by atoms with E-state index in [1.54, 1.807) is 11.5 Å². The lowest BCUT2D eigenvalue weighted by Gasteiger charge is -2.12. The highest BCUT2D eigenvalue weighted by molar-refractivity contribution is 9.18. The average molecular weight is 444 g/mol. The normalized spacial score (nSPS) is 13.0. The monoisotopic (exact) mass is 443 g/mol.